The van der Waals surface area contributed by atoms with Crippen LogP contribution in [0.3, 0.4) is 0 Å². The molecule has 1 fully saturated rings. The number of likely N-dealkylation sites (N-methyl/N-ethyl adjacent to an activating group) is 1. The number of hydrogen-bond donors (Lipinski definition) is 1. The lowest BCUT2D eigenvalue weighted by molar-refractivity contribution is 0.337. The second-order valence-electron chi connectivity index (χ2n) is 4.83. The van der Waals surface area contributed by atoms with Crippen LogP contribution in [0.5, 0.6) is 0 Å². The number of nitrogens with two attached hydrogens (primary N) is 1. The molecule has 0 bridgehead atoms. The van der Waals surface area contributed by atoms with E-state index in [1.807, 2.05) is 6.07 Å². The third kappa shape index (κ3) is 2.52. The van der Waals surface area contributed by atoms with E-state index in [-0.39, 0.29) is 11.5 Å². The van der Waals surface area contributed by atoms with Crippen LogP contribution in [0.25, 0.3) is 0 Å². The van der Waals surface area contributed by atoms with Crippen LogP contribution < -0.4 is 10.6 Å². The van der Waals surface area contributed by atoms with E-state index in [4.69, 9.17) is 5.73 Å². The average Bonchev–Trinajstić information content (AvgIpc) is 2.44. The first-order valence-corrected chi connectivity index (χ1v) is 6.08. The Balaban J connectivity index is 2.28. The van der Waals surface area contributed by atoms with Gasteiger partial charge in [0.05, 0.1) is 11.4 Å². The molecule has 1 heterocycles. The summed E-state index contributed by atoms with van der Waals surface area (Å²) in [5, 5.41) is 0. The minimum absolute atomic E-state index is 0.268. The van der Waals surface area contributed by atoms with Gasteiger partial charge in [-0.1, -0.05) is 6.07 Å². The van der Waals surface area contributed by atoms with E-state index in [9.17, 15) is 4.39 Å². The molecule has 1 saturated heterocycles. The molecule has 2 rings (SSSR count). The molecule has 1 aliphatic heterocycles. The Morgan fingerprint density at radius 1 is 1.35 bits per heavy atom. The van der Waals surface area contributed by atoms with E-state index >= 15 is 0 Å². The van der Waals surface area contributed by atoms with Crippen LogP contribution in [0.1, 0.15) is 13.3 Å². The summed E-state index contributed by atoms with van der Waals surface area (Å²) in [7, 11) is 2.12. The van der Waals surface area contributed by atoms with E-state index in [0.717, 1.165) is 31.7 Å². The predicted octanol–water partition coefficient (Wildman–Crippen LogP) is 1.94. The number of para-hydroxylation sites is 1. The number of nitrogen functional groups attached to an aromatic ring is 1. The van der Waals surface area contributed by atoms with Crippen molar-refractivity contribution in [2.75, 3.05) is 37.3 Å². The first-order valence-electron chi connectivity index (χ1n) is 6.08. The zero-order chi connectivity index (χ0) is 12.4. The van der Waals surface area contributed by atoms with Crippen molar-refractivity contribution in [1.29, 1.82) is 0 Å². The van der Waals surface area contributed by atoms with Crippen LogP contribution in [0.15, 0.2) is 18.2 Å². The number of hydrogen-bond acceptors (Lipinski definition) is 3. The Labute approximate surface area is 102 Å². The second-order valence-corrected chi connectivity index (χ2v) is 4.83. The summed E-state index contributed by atoms with van der Waals surface area (Å²) in [5.74, 6) is -0.327. The van der Waals surface area contributed by atoms with Gasteiger partial charge in [-0.3, -0.25) is 0 Å². The fraction of sp³-hybridized carbons (Fsp3) is 0.538. The number of rotatable bonds is 1. The van der Waals surface area contributed by atoms with Crippen molar-refractivity contribution in [2.24, 2.45) is 0 Å². The number of halogens is 1. The normalized spacial score (nSPS) is 22.5. The maximum atomic E-state index is 13.5. The fourth-order valence-electron chi connectivity index (χ4n) is 2.51. The number of benzene rings is 1. The van der Waals surface area contributed by atoms with Gasteiger partial charge in [-0.05, 0) is 39.1 Å². The highest BCUT2D eigenvalue weighted by Gasteiger charge is 2.22. The van der Waals surface area contributed by atoms with Crippen molar-refractivity contribution >= 4 is 11.4 Å². The van der Waals surface area contributed by atoms with Crippen LogP contribution >= 0.6 is 0 Å². The summed E-state index contributed by atoms with van der Waals surface area (Å²) in [4.78, 5) is 4.52. The topological polar surface area (TPSA) is 32.5 Å². The number of anilines is 2. The van der Waals surface area contributed by atoms with Gasteiger partial charge < -0.3 is 15.5 Å². The smallest absolute Gasteiger partial charge is 0.148 e. The lowest BCUT2D eigenvalue weighted by Gasteiger charge is -2.31. The minimum atomic E-state index is -0.327. The lowest BCUT2D eigenvalue weighted by atomic mass is 10.2. The highest BCUT2D eigenvalue weighted by molar-refractivity contribution is 5.68. The highest BCUT2D eigenvalue weighted by atomic mass is 19.1. The monoisotopic (exact) mass is 237 g/mol. The van der Waals surface area contributed by atoms with Gasteiger partial charge in [0.25, 0.3) is 0 Å². The van der Waals surface area contributed by atoms with Crippen molar-refractivity contribution < 1.29 is 4.39 Å². The molecule has 3 nitrogen and oxygen atoms in total. The summed E-state index contributed by atoms with van der Waals surface area (Å²) < 4.78 is 13.5. The van der Waals surface area contributed by atoms with Crippen LogP contribution in [-0.2, 0) is 0 Å². The molecular formula is C13H20FN3. The predicted molar refractivity (Wildman–Crippen MR) is 69.7 cm³/mol. The molecule has 94 valence electrons. The first kappa shape index (κ1) is 12.2. The Morgan fingerprint density at radius 3 is 2.88 bits per heavy atom. The van der Waals surface area contributed by atoms with Gasteiger partial charge in [0.1, 0.15) is 5.82 Å². The summed E-state index contributed by atoms with van der Waals surface area (Å²) in [6.45, 7) is 5.15. The van der Waals surface area contributed by atoms with Crippen molar-refractivity contribution in [3.8, 4) is 0 Å². The second kappa shape index (κ2) is 4.92. The van der Waals surface area contributed by atoms with Gasteiger partial charge in [-0.15, -0.1) is 0 Å². The highest BCUT2D eigenvalue weighted by Crippen LogP contribution is 2.28. The van der Waals surface area contributed by atoms with Crippen LogP contribution in [0.2, 0.25) is 0 Å². The van der Waals surface area contributed by atoms with Gasteiger partial charge in [-0.25, -0.2) is 4.39 Å². The lowest BCUT2D eigenvalue weighted by Crippen LogP contribution is -2.38. The molecule has 1 aromatic carbocycles. The molecule has 0 amide bonds. The summed E-state index contributed by atoms with van der Waals surface area (Å²) >= 11 is 0. The van der Waals surface area contributed by atoms with Crippen molar-refractivity contribution in [2.45, 2.75) is 19.4 Å². The van der Waals surface area contributed by atoms with Gasteiger partial charge >= 0.3 is 0 Å². The molecule has 0 radical (unpaired) electrons. The molecule has 0 spiro atoms. The fourth-order valence-corrected chi connectivity index (χ4v) is 2.51. The van der Waals surface area contributed by atoms with E-state index in [2.05, 4.69) is 23.8 Å². The SMILES string of the molecule is CC1CN(C)CCCN1c1cccc(F)c1N. The molecule has 1 atom stereocenters. The van der Waals surface area contributed by atoms with E-state index in [1.165, 1.54) is 6.07 Å². The van der Waals surface area contributed by atoms with Gasteiger partial charge in [-0.2, -0.15) is 0 Å². The third-order valence-electron chi connectivity index (χ3n) is 3.39. The quantitative estimate of drug-likeness (QED) is 0.758. The Bertz CT molecular complexity index is 394. The maximum Gasteiger partial charge on any atom is 0.148 e. The van der Waals surface area contributed by atoms with E-state index in [1.54, 1.807) is 6.07 Å². The molecular weight excluding hydrogens is 217 g/mol. The Morgan fingerprint density at radius 2 is 2.12 bits per heavy atom. The molecule has 0 saturated carbocycles. The minimum Gasteiger partial charge on any atom is -0.395 e. The van der Waals surface area contributed by atoms with Crippen molar-refractivity contribution in [3.63, 3.8) is 0 Å². The molecule has 1 aromatic rings. The van der Waals surface area contributed by atoms with Crippen LogP contribution in [0.4, 0.5) is 15.8 Å². The average molecular weight is 237 g/mol. The Kier molecular flexibility index (Phi) is 3.52. The van der Waals surface area contributed by atoms with Gasteiger partial charge in [0.2, 0.25) is 0 Å². The van der Waals surface area contributed by atoms with Crippen molar-refractivity contribution in [3.05, 3.63) is 24.0 Å². The molecule has 0 aromatic heterocycles. The number of nitrogens with zero attached hydrogens (tertiary/aromatic N) is 2. The third-order valence-corrected chi connectivity index (χ3v) is 3.39. The zero-order valence-electron chi connectivity index (χ0n) is 10.5. The van der Waals surface area contributed by atoms with Crippen molar-refractivity contribution in [1.82, 2.24) is 4.90 Å². The standard InChI is InChI=1S/C13H20FN3/c1-10-9-16(2)7-4-8-17(10)12-6-3-5-11(14)13(12)15/h3,5-6,10H,4,7-9,15H2,1-2H3. The summed E-state index contributed by atoms with van der Waals surface area (Å²) in [5.41, 5.74) is 6.93. The molecule has 2 N–H and O–H groups in total. The molecule has 0 aliphatic carbocycles. The molecule has 1 aliphatic rings. The van der Waals surface area contributed by atoms with Gasteiger partial charge in [0, 0.05) is 19.1 Å². The Hall–Kier alpha value is -1.29. The maximum absolute atomic E-state index is 13.5. The summed E-state index contributed by atoms with van der Waals surface area (Å²) in [6, 6.07) is 5.39. The van der Waals surface area contributed by atoms with Crippen LogP contribution in [-0.4, -0.2) is 37.6 Å². The van der Waals surface area contributed by atoms with E-state index < -0.39 is 0 Å². The molecule has 17 heavy (non-hydrogen) atoms. The zero-order valence-corrected chi connectivity index (χ0v) is 10.5. The first-order chi connectivity index (χ1) is 8.09. The summed E-state index contributed by atoms with van der Waals surface area (Å²) in [6.07, 6.45) is 1.08. The molecule has 4 heteroatoms. The molecule has 1 unspecified atom stereocenters. The van der Waals surface area contributed by atoms with Gasteiger partial charge in [0.15, 0.2) is 0 Å². The van der Waals surface area contributed by atoms with Crippen LogP contribution in [0, 0.1) is 5.82 Å². The largest absolute Gasteiger partial charge is 0.395 e. The van der Waals surface area contributed by atoms with E-state index in [0.29, 0.717) is 6.04 Å².